The third kappa shape index (κ3) is 2.97. The lowest BCUT2D eigenvalue weighted by atomic mass is 9.83. The molecule has 124 valence electrons. The van der Waals surface area contributed by atoms with Crippen LogP contribution in [0, 0.1) is 0 Å². The van der Waals surface area contributed by atoms with Crippen LogP contribution in [-0.2, 0) is 16.8 Å². The summed E-state index contributed by atoms with van der Waals surface area (Å²) in [6.45, 7) is 4.25. The molecule has 0 spiro atoms. The second kappa shape index (κ2) is 6.35. The van der Waals surface area contributed by atoms with Gasteiger partial charge in [0, 0.05) is 23.3 Å². The van der Waals surface area contributed by atoms with Gasteiger partial charge in [0.25, 0.3) is 0 Å². The number of benzene rings is 1. The fraction of sp³-hybridized carbons (Fsp3) is 0.263. The molecular weight excluding hydrogens is 302 g/mol. The highest BCUT2D eigenvalue weighted by Crippen LogP contribution is 2.32. The Bertz CT molecular complexity index is 853. The number of nitrogens with zero attached hydrogens (tertiary/aromatic N) is 1. The van der Waals surface area contributed by atoms with Crippen LogP contribution in [-0.4, -0.2) is 23.0 Å². The maximum absolute atomic E-state index is 12.8. The van der Waals surface area contributed by atoms with Gasteiger partial charge in [-0.3, -0.25) is 9.78 Å². The molecule has 1 aromatic carbocycles. The molecule has 0 saturated carbocycles. The Morgan fingerprint density at radius 2 is 2.12 bits per heavy atom. The Labute approximate surface area is 141 Å². The molecule has 0 atom stereocenters. The van der Waals surface area contributed by atoms with Gasteiger partial charge in [-0.25, -0.2) is 0 Å². The van der Waals surface area contributed by atoms with Gasteiger partial charge in [-0.2, -0.15) is 0 Å². The lowest BCUT2D eigenvalue weighted by Crippen LogP contribution is -2.39. The van der Waals surface area contributed by atoms with E-state index in [0.29, 0.717) is 6.54 Å². The SMILES string of the molecule is COc1ccc2[nH]cc(C(C)(C)C(=O)NCc3ccccn3)c2c1. The predicted octanol–water partition coefficient (Wildman–Crippen LogP) is 3.17. The van der Waals surface area contributed by atoms with Crippen LogP contribution in [0.15, 0.2) is 48.8 Å². The van der Waals surface area contributed by atoms with Crippen molar-refractivity contribution in [3.63, 3.8) is 0 Å². The molecule has 2 N–H and O–H groups in total. The van der Waals surface area contributed by atoms with E-state index in [2.05, 4.69) is 15.3 Å². The lowest BCUT2D eigenvalue weighted by molar-refractivity contribution is -0.125. The molecule has 5 heteroatoms. The molecule has 0 aliphatic carbocycles. The Balaban J connectivity index is 1.85. The number of fused-ring (bicyclic) bond motifs is 1. The van der Waals surface area contributed by atoms with Gasteiger partial charge in [0.15, 0.2) is 0 Å². The quantitative estimate of drug-likeness (QED) is 0.758. The number of nitrogens with one attached hydrogen (secondary N) is 2. The van der Waals surface area contributed by atoms with Gasteiger partial charge >= 0.3 is 0 Å². The summed E-state index contributed by atoms with van der Waals surface area (Å²) in [7, 11) is 1.64. The normalized spacial score (nSPS) is 11.5. The first kappa shape index (κ1) is 16.1. The average Bonchev–Trinajstić information content (AvgIpc) is 3.04. The standard InChI is InChI=1S/C19H21N3O2/c1-19(2,18(23)22-11-13-6-4-5-9-20-13)16-12-21-17-8-7-14(24-3)10-15(16)17/h4-10,12,21H,11H2,1-3H3,(H,22,23). The van der Waals surface area contributed by atoms with Crippen LogP contribution in [0.3, 0.4) is 0 Å². The largest absolute Gasteiger partial charge is 0.497 e. The molecule has 0 aliphatic rings. The summed E-state index contributed by atoms with van der Waals surface area (Å²) >= 11 is 0. The number of rotatable bonds is 5. The van der Waals surface area contributed by atoms with Crippen molar-refractivity contribution in [2.75, 3.05) is 7.11 Å². The van der Waals surface area contributed by atoms with E-state index >= 15 is 0 Å². The first-order chi connectivity index (χ1) is 11.5. The highest BCUT2D eigenvalue weighted by Gasteiger charge is 2.32. The van der Waals surface area contributed by atoms with Crippen molar-refractivity contribution in [3.8, 4) is 5.75 Å². The minimum absolute atomic E-state index is 0.0446. The fourth-order valence-corrected chi connectivity index (χ4v) is 2.76. The highest BCUT2D eigenvalue weighted by atomic mass is 16.5. The molecule has 24 heavy (non-hydrogen) atoms. The van der Waals surface area contributed by atoms with E-state index in [-0.39, 0.29) is 5.91 Å². The number of aromatic nitrogens is 2. The maximum Gasteiger partial charge on any atom is 0.230 e. The van der Waals surface area contributed by atoms with Crippen molar-refractivity contribution in [1.29, 1.82) is 0 Å². The van der Waals surface area contributed by atoms with Gasteiger partial charge in [0.05, 0.1) is 24.8 Å². The monoisotopic (exact) mass is 323 g/mol. The van der Waals surface area contributed by atoms with E-state index in [1.54, 1.807) is 13.3 Å². The Kier molecular flexibility index (Phi) is 4.25. The first-order valence-corrected chi connectivity index (χ1v) is 7.86. The summed E-state index contributed by atoms with van der Waals surface area (Å²) < 4.78 is 5.30. The van der Waals surface area contributed by atoms with E-state index in [9.17, 15) is 4.79 Å². The Morgan fingerprint density at radius 3 is 2.83 bits per heavy atom. The summed E-state index contributed by atoms with van der Waals surface area (Å²) in [5.74, 6) is 0.727. The summed E-state index contributed by atoms with van der Waals surface area (Å²) in [5, 5.41) is 3.97. The zero-order chi connectivity index (χ0) is 17.2. The molecule has 0 unspecified atom stereocenters. The molecule has 3 aromatic rings. The van der Waals surface area contributed by atoms with Crippen molar-refractivity contribution >= 4 is 16.8 Å². The van der Waals surface area contributed by atoms with Gasteiger partial charge in [-0.1, -0.05) is 6.07 Å². The van der Waals surface area contributed by atoms with Crippen LogP contribution in [0.1, 0.15) is 25.1 Å². The van der Waals surface area contributed by atoms with E-state index < -0.39 is 5.41 Å². The van der Waals surface area contributed by atoms with Crippen molar-refractivity contribution in [3.05, 3.63) is 60.0 Å². The summed E-state index contributed by atoms with van der Waals surface area (Å²) in [4.78, 5) is 20.2. The number of ether oxygens (including phenoxy) is 1. The summed E-state index contributed by atoms with van der Waals surface area (Å²) in [6.07, 6.45) is 3.61. The van der Waals surface area contributed by atoms with E-state index in [4.69, 9.17) is 4.74 Å². The average molecular weight is 323 g/mol. The first-order valence-electron chi connectivity index (χ1n) is 7.86. The fourth-order valence-electron chi connectivity index (χ4n) is 2.76. The highest BCUT2D eigenvalue weighted by molar-refractivity contribution is 5.95. The molecule has 0 fully saturated rings. The smallest absolute Gasteiger partial charge is 0.230 e. The van der Waals surface area contributed by atoms with E-state index in [1.165, 1.54) is 0 Å². The van der Waals surface area contributed by atoms with Gasteiger partial charge in [-0.05, 0) is 49.7 Å². The van der Waals surface area contributed by atoms with Crippen molar-refractivity contribution in [2.24, 2.45) is 0 Å². The third-order valence-corrected chi connectivity index (χ3v) is 4.29. The van der Waals surface area contributed by atoms with E-state index in [0.717, 1.165) is 27.9 Å². The summed E-state index contributed by atoms with van der Waals surface area (Å²) in [5.41, 5.74) is 2.08. The Morgan fingerprint density at radius 1 is 1.29 bits per heavy atom. The minimum Gasteiger partial charge on any atom is -0.497 e. The minimum atomic E-state index is -0.681. The lowest BCUT2D eigenvalue weighted by Gasteiger charge is -2.23. The van der Waals surface area contributed by atoms with Crippen LogP contribution in [0.25, 0.3) is 10.9 Å². The zero-order valence-electron chi connectivity index (χ0n) is 14.1. The van der Waals surface area contributed by atoms with Crippen LogP contribution >= 0.6 is 0 Å². The number of carbonyl (C=O) groups excluding carboxylic acids is 1. The number of methoxy groups -OCH3 is 1. The van der Waals surface area contributed by atoms with Crippen molar-refractivity contribution in [1.82, 2.24) is 15.3 Å². The molecular formula is C19H21N3O2. The molecule has 2 heterocycles. The van der Waals surface area contributed by atoms with Crippen LogP contribution in [0.4, 0.5) is 0 Å². The van der Waals surface area contributed by atoms with Crippen molar-refractivity contribution < 1.29 is 9.53 Å². The molecule has 0 bridgehead atoms. The van der Waals surface area contributed by atoms with Crippen molar-refractivity contribution in [2.45, 2.75) is 25.8 Å². The third-order valence-electron chi connectivity index (χ3n) is 4.29. The molecule has 0 aliphatic heterocycles. The van der Waals surface area contributed by atoms with E-state index in [1.807, 2.05) is 56.4 Å². The number of carbonyl (C=O) groups is 1. The number of hydrogen-bond donors (Lipinski definition) is 2. The Hall–Kier alpha value is -2.82. The number of pyridine rings is 1. The predicted molar refractivity (Wildman–Crippen MR) is 94.0 cm³/mol. The number of amides is 1. The number of H-pyrrole nitrogens is 1. The molecule has 3 rings (SSSR count). The zero-order valence-corrected chi connectivity index (χ0v) is 14.1. The second-order valence-electron chi connectivity index (χ2n) is 6.24. The van der Waals surface area contributed by atoms with Gasteiger partial charge in [-0.15, -0.1) is 0 Å². The summed E-state index contributed by atoms with van der Waals surface area (Å²) in [6, 6.07) is 11.5. The number of aromatic amines is 1. The van der Waals surface area contributed by atoms with Gasteiger partial charge in [0.2, 0.25) is 5.91 Å². The molecule has 0 radical (unpaired) electrons. The maximum atomic E-state index is 12.8. The van der Waals surface area contributed by atoms with Gasteiger partial charge < -0.3 is 15.0 Å². The van der Waals surface area contributed by atoms with Crippen LogP contribution in [0.2, 0.25) is 0 Å². The van der Waals surface area contributed by atoms with Crippen LogP contribution < -0.4 is 10.1 Å². The van der Waals surface area contributed by atoms with Crippen LogP contribution in [0.5, 0.6) is 5.75 Å². The second-order valence-corrected chi connectivity index (χ2v) is 6.24. The number of hydrogen-bond acceptors (Lipinski definition) is 3. The topological polar surface area (TPSA) is 67.0 Å². The molecule has 2 aromatic heterocycles. The molecule has 0 saturated heterocycles. The van der Waals surface area contributed by atoms with Gasteiger partial charge in [0.1, 0.15) is 5.75 Å². The molecule has 5 nitrogen and oxygen atoms in total. The molecule has 1 amide bonds.